The van der Waals surface area contributed by atoms with Gasteiger partial charge in [-0.2, -0.15) is 0 Å². The lowest BCUT2D eigenvalue weighted by Gasteiger charge is -2.18. The van der Waals surface area contributed by atoms with Crippen LogP contribution in [0.4, 0.5) is 0 Å². The molecule has 8 aromatic heterocycles. The highest BCUT2D eigenvalue weighted by Gasteiger charge is 2.25. The molecule has 0 aliphatic heterocycles. The van der Waals surface area contributed by atoms with Crippen LogP contribution in [-0.4, -0.2) is 19.9 Å². The molecule has 728 valence electrons. The molecular formula is C123H144Br2N4P2S8. The van der Waals surface area contributed by atoms with Crippen LogP contribution < -0.4 is 31.8 Å². The summed E-state index contributed by atoms with van der Waals surface area (Å²) in [5.74, 6) is 0. The molecule has 0 fully saturated rings. The number of unbranched alkanes of at least 4 members (excludes halogenated alkanes) is 23. The summed E-state index contributed by atoms with van der Waals surface area (Å²) in [6.45, 7) is 18.1. The predicted molar refractivity (Wildman–Crippen MR) is 636 cm³/mol. The van der Waals surface area contributed by atoms with Crippen LogP contribution in [0.2, 0.25) is 0 Å². The minimum atomic E-state index is -0.446. The SMILES string of the molecule is CCCCCCCCc1cc(-c2ccc(CCCC)cc2)sc1-c1nc2sc(-c3sc(-c4ccc(CCCC)cc4)cc3CCCCCCCC)nc2s1.CCCCCCCCc1cc(Br)sc1-c1nc2sc(-c3sc(Br)cc3CCCCCCCC)nc2s1.CCCCc1ccc(C)cc1.c1ccc(P(c2ccccc2)c2ccccc2)cc1.c1ccc(P(c2ccccc2)c2ccccc2)cc1. The lowest BCUT2D eigenvalue weighted by molar-refractivity contribution is 0.608. The molecule has 8 heterocycles. The Balaban J connectivity index is 0.000000163. The first-order chi connectivity index (χ1) is 68.4. The zero-order chi connectivity index (χ0) is 96.8. The fourth-order valence-corrected chi connectivity index (χ4v) is 32.3. The Morgan fingerprint density at radius 1 is 0.216 bits per heavy atom. The molecular weight excluding hydrogens is 2010 g/mol. The van der Waals surface area contributed by atoms with Gasteiger partial charge in [0.15, 0.2) is 19.3 Å². The van der Waals surface area contributed by atoms with Crippen molar-refractivity contribution in [3.8, 4) is 60.4 Å². The monoisotopic (exact) mass is 2150 g/mol. The topological polar surface area (TPSA) is 51.6 Å². The van der Waals surface area contributed by atoms with Crippen LogP contribution in [0, 0.1) is 6.92 Å². The van der Waals surface area contributed by atoms with Crippen LogP contribution in [0.3, 0.4) is 0 Å². The van der Waals surface area contributed by atoms with Crippen molar-refractivity contribution in [2.45, 2.75) is 293 Å². The van der Waals surface area contributed by atoms with Crippen LogP contribution in [0.15, 0.2) is 287 Å². The van der Waals surface area contributed by atoms with Gasteiger partial charge in [0.25, 0.3) is 0 Å². The number of rotatable bonds is 49. The van der Waals surface area contributed by atoms with E-state index in [0.29, 0.717) is 0 Å². The molecule has 0 atom stereocenters. The lowest BCUT2D eigenvalue weighted by atomic mass is 10.0. The van der Waals surface area contributed by atoms with Gasteiger partial charge < -0.3 is 0 Å². The van der Waals surface area contributed by atoms with E-state index in [9.17, 15) is 0 Å². The fourth-order valence-electron chi connectivity index (χ4n) is 17.4. The largest absolute Gasteiger partial charge is 0.222 e. The van der Waals surface area contributed by atoms with Crippen LogP contribution in [0.1, 0.15) is 286 Å². The average molecular weight is 2160 g/mol. The van der Waals surface area contributed by atoms with Crippen LogP contribution >= 0.6 is 138 Å². The molecule has 17 rings (SSSR count). The molecule has 0 saturated carbocycles. The molecule has 0 bridgehead atoms. The summed E-state index contributed by atoms with van der Waals surface area (Å²) in [6, 6.07) is 102. The molecule has 17 aromatic rings. The lowest BCUT2D eigenvalue weighted by Crippen LogP contribution is -2.20. The number of hydrogen-bond donors (Lipinski definition) is 0. The number of halogens is 2. The summed E-state index contributed by atoms with van der Waals surface area (Å²) in [5, 5.41) is 12.9. The van der Waals surface area contributed by atoms with Crippen molar-refractivity contribution in [1.29, 1.82) is 0 Å². The molecule has 0 amide bonds. The number of aromatic nitrogens is 4. The zero-order valence-electron chi connectivity index (χ0n) is 83.4. The Morgan fingerprint density at radius 2 is 0.432 bits per heavy atom. The third-order valence-corrected chi connectivity index (χ3v) is 40.6. The summed E-state index contributed by atoms with van der Waals surface area (Å²) in [5.41, 5.74) is 14.2. The van der Waals surface area contributed by atoms with Gasteiger partial charge in [-0.15, -0.1) is 45.3 Å². The van der Waals surface area contributed by atoms with Gasteiger partial charge in [-0.25, -0.2) is 19.9 Å². The van der Waals surface area contributed by atoms with E-state index in [2.05, 4.69) is 366 Å². The second-order valence-corrected chi connectivity index (χ2v) is 51.8. The second-order valence-electron chi connectivity index (χ2n) is 36.5. The van der Waals surface area contributed by atoms with E-state index in [0.717, 1.165) is 65.0 Å². The summed E-state index contributed by atoms with van der Waals surface area (Å²) < 4.78 is 2.40. The van der Waals surface area contributed by atoms with Gasteiger partial charge in [-0.3, -0.25) is 0 Å². The smallest absolute Gasteiger partial charge is 0.155 e. The van der Waals surface area contributed by atoms with Gasteiger partial charge in [0.2, 0.25) is 0 Å². The van der Waals surface area contributed by atoms with Crippen molar-refractivity contribution in [2.24, 2.45) is 0 Å². The van der Waals surface area contributed by atoms with Gasteiger partial charge in [-0.1, -0.05) is 502 Å². The molecule has 4 nitrogen and oxygen atoms in total. The first-order valence-corrected chi connectivity index (χ1v) is 62.7. The van der Waals surface area contributed by atoms with Crippen LogP contribution in [0.25, 0.3) is 79.7 Å². The Morgan fingerprint density at radius 3 is 0.676 bits per heavy atom. The maximum atomic E-state index is 5.34. The van der Waals surface area contributed by atoms with Crippen LogP contribution in [0.5, 0.6) is 0 Å². The summed E-state index contributed by atoms with van der Waals surface area (Å²) >= 11 is 22.1. The minimum absolute atomic E-state index is 0.446. The van der Waals surface area contributed by atoms with Crippen molar-refractivity contribution in [2.75, 3.05) is 0 Å². The summed E-state index contributed by atoms with van der Waals surface area (Å²) in [4.78, 5) is 33.2. The molecule has 0 spiro atoms. The van der Waals surface area contributed by atoms with E-state index in [1.807, 2.05) is 45.3 Å². The predicted octanol–water partition coefficient (Wildman–Crippen LogP) is 39.8. The number of benzene rings is 9. The average Bonchev–Trinajstić information content (AvgIpc) is 1.61. The Hall–Kier alpha value is -7.36. The number of nitrogens with zero attached hydrogens (tertiary/aromatic N) is 4. The van der Waals surface area contributed by atoms with E-state index in [-0.39, 0.29) is 0 Å². The Labute approximate surface area is 885 Å². The van der Waals surface area contributed by atoms with Crippen molar-refractivity contribution in [1.82, 2.24) is 19.9 Å². The number of thiophene rings is 4. The highest BCUT2D eigenvalue weighted by molar-refractivity contribution is 9.11. The van der Waals surface area contributed by atoms with Gasteiger partial charge in [-0.05, 0) is 251 Å². The molecule has 0 N–H and O–H groups in total. The first-order valence-electron chi connectivity index (χ1n) is 51.9. The van der Waals surface area contributed by atoms with Gasteiger partial charge in [0, 0.05) is 9.75 Å². The number of fused-ring (bicyclic) bond motifs is 2. The van der Waals surface area contributed by atoms with Gasteiger partial charge in [0.05, 0.1) is 27.1 Å². The Kier molecular flexibility index (Phi) is 47.8. The number of aryl methyl sites for hydroxylation is 8. The van der Waals surface area contributed by atoms with E-state index in [4.69, 9.17) is 19.9 Å². The molecule has 16 heteroatoms. The minimum Gasteiger partial charge on any atom is -0.222 e. The standard InChI is InChI=1S/C48H62N2S4.C28H36Br2N2S4.2C18H15P.C11H16/c1-5-9-13-15-17-19-23-39-33-41(37-29-25-35(26-30-37)21-11-7-3)51-43(39)45-49-47-48(53-45)50-46(54-47)44-40(24-20-18-16-14-10-6-2)34-42(52-44)38-31-27-36(28-32-38)22-12-8-4;1-3-5-7-9-11-13-15-19-17-21(29)33-23(19)25-31-27-28(35-25)32-26(36-27)24-20(18-22(30)34-24)16-14-12-10-8-6-4-2;2*1-4-10-16(11-5-1)19(17-12-6-2-7-13-17)18-14-8-3-9-15-18;1-3-4-5-11-8-6-10(2)7-9-11/h25-34H,5-24H2,1-4H3;17-18H,3-16H2,1-2H3;2*1-15H;6-9H,3-5H2,1-2H3. The zero-order valence-corrected chi connectivity index (χ0v) is 94.9. The second kappa shape index (κ2) is 61.1. The van der Waals surface area contributed by atoms with Crippen molar-refractivity contribution in [3.05, 3.63) is 331 Å². The molecule has 0 aliphatic rings. The summed E-state index contributed by atoms with van der Waals surface area (Å²) in [7, 11) is -0.892. The van der Waals surface area contributed by atoms with Crippen molar-refractivity contribution < 1.29 is 0 Å². The highest BCUT2D eigenvalue weighted by atomic mass is 79.9. The normalized spacial score (nSPS) is 11.3. The van der Waals surface area contributed by atoms with Crippen molar-refractivity contribution in [3.63, 3.8) is 0 Å². The van der Waals surface area contributed by atoms with E-state index < -0.39 is 15.8 Å². The first kappa shape index (κ1) is 109. The molecule has 9 aromatic carbocycles. The molecule has 0 saturated heterocycles. The fraction of sp³-hybridized carbons (Fsp3) is 0.366. The van der Waals surface area contributed by atoms with Gasteiger partial charge >= 0.3 is 0 Å². The Bertz CT molecular complexity index is 5660. The number of thiazole rings is 4. The highest BCUT2D eigenvalue weighted by Crippen LogP contribution is 2.49. The molecule has 0 radical (unpaired) electrons. The third kappa shape index (κ3) is 34.4. The molecule has 0 unspecified atom stereocenters. The van der Waals surface area contributed by atoms with E-state index in [1.165, 1.54) is 336 Å². The maximum Gasteiger partial charge on any atom is 0.155 e. The quantitative estimate of drug-likeness (QED) is 0.0282. The number of hydrogen-bond acceptors (Lipinski definition) is 12. The van der Waals surface area contributed by atoms with E-state index in [1.54, 1.807) is 45.3 Å². The van der Waals surface area contributed by atoms with Gasteiger partial charge in [0.1, 0.15) is 20.0 Å². The van der Waals surface area contributed by atoms with E-state index >= 15 is 0 Å². The molecule has 139 heavy (non-hydrogen) atoms. The van der Waals surface area contributed by atoms with Crippen molar-refractivity contribution >= 4 is 190 Å². The van der Waals surface area contributed by atoms with Crippen LogP contribution in [-0.2, 0) is 44.9 Å². The summed E-state index contributed by atoms with van der Waals surface area (Å²) in [6.07, 6.45) is 47.4. The molecule has 0 aliphatic carbocycles. The third-order valence-electron chi connectivity index (χ3n) is 25.2. The maximum absolute atomic E-state index is 5.34.